The highest BCUT2D eigenvalue weighted by Gasteiger charge is 2.16. The zero-order valence-corrected chi connectivity index (χ0v) is 9.30. The predicted octanol–water partition coefficient (Wildman–Crippen LogP) is 1.74. The van der Waals surface area contributed by atoms with Gasteiger partial charge in [0.2, 0.25) is 0 Å². The molecular formula is C12H17NO2. The van der Waals surface area contributed by atoms with Crippen molar-refractivity contribution in [2.75, 3.05) is 20.8 Å². The molecule has 1 N–H and O–H groups in total. The summed E-state index contributed by atoms with van der Waals surface area (Å²) in [4.78, 5) is 0. The monoisotopic (exact) mass is 207 g/mol. The molecule has 1 aliphatic heterocycles. The average Bonchev–Trinajstić information content (AvgIpc) is 2.53. The third-order valence-corrected chi connectivity index (χ3v) is 2.87. The molecule has 0 radical (unpaired) electrons. The van der Waals surface area contributed by atoms with Gasteiger partial charge in [0.25, 0.3) is 0 Å². The highest BCUT2D eigenvalue weighted by atomic mass is 16.5. The van der Waals surface area contributed by atoms with Gasteiger partial charge < -0.3 is 14.8 Å². The molecule has 2 rings (SSSR count). The first kappa shape index (κ1) is 10.3. The molecule has 3 nitrogen and oxygen atoms in total. The van der Waals surface area contributed by atoms with Crippen molar-refractivity contribution in [3.63, 3.8) is 0 Å². The third kappa shape index (κ3) is 1.92. The molecule has 0 saturated carbocycles. The second-order valence-electron chi connectivity index (χ2n) is 3.71. The lowest BCUT2D eigenvalue weighted by Gasteiger charge is -2.14. The summed E-state index contributed by atoms with van der Waals surface area (Å²) in [6.07, 6.45) is 2.21. The minimum Gasteiger partial charge on any atom is -0.496 e. The van der Waals surface area contributed by atoms with E-state index in [4.69, 9.17) is 9.47 Å². The number of methoxy groups -OCH3 is 2. The van der Waals surface area contributed by atoms with Crippen LogP contribution in [0.4, 0.5) is 0 Å². The maximum Gasteiger partial charge on any atom is 0.123 e. The van der Waals surface area contributed by atoms with E-state index in [1.165, 1.54) is 11.1 Å². The van der Waals surface area contributed by atoms with E-state index in [0.29, 0.717) is 0 Å². The summed E-state index contributed by atoms with van der Waals surface area (Å²) in [5.41, 5.74) is 2.54. The van der Waals surface area contributed by atoms with Gasteiger partial charge in [0, 0.05) is 17.7 Å². The zero-order chi connectivity index (χ0) is 10.7. The van der Waals surface area contributed by atoms with Gasteiger partial charge in [-0.2, -0.15) is 0 Å². The lowest BCUT2D eigenvalue weighted by Crippen LogP contribution is -2.12. The van der Waals surface area contributed by atoms with E-state index >= 15 is 0 Å². The lowest BCUT2D eigenvalue weighted by atomic mass is 10.0. The topological polar surface area (TPSA) is 30.5 Å². The molecular weight excluding hydrogens is 190 g/mol. The normalized spacial score (nSPS) is 15.3. The summed E-state index contributed by atoms with van der Waals surface area (Å²) >= 11 is 0. The maximum atomic E-state index is 5.38. The molecule has 0 aliphatic carbocycles. The molecule has 1 aliphatic rings. The molecule has 82 valence electrons. The first-order valence-corrected chi connectivity index (χ1v) is 5.30. The quantitative estimate of drug-likeness (QED) is 0.801. The Bertz CT molecular complexity index is 317. The van der Waals surface area contributed by atoms with Crippen LogP contribution in [0.1, 0.15) is 17.5 Å². The number of ether oxygens (including phenoxy) is 2. The molecule has 15 heavy (non-hydrogen) atoms. The molecule has 1 heterocycles. The molecule has 0 fully saturated rings. The van der Waals surface area contributed by atoms with Gasteiger partial charge in [-0.05, 0) is 31.5 Å². The zero-order valence-electron chi connectivity index (χ0n) is 9.30. The fourth-order valence-electron chi connectivity index (χ4n) is 2.10. The van der Waals surface area contributed by atoms with E-state index in [2.05, 4.69) is 5.32 Å². The Labute approximate surface area is 90.4 Å². The van der Waals surface area contributed by atoms with E-state index in [0.717, 1.165) is 37.4 Å². The molecule has 0 saturated heterocycles. The van der Waals surface area contributed by atoms with Crippen LogP contribution in [0.3, 0.4) is 0 Å². The Morgan fingerprint density at radius 2 is 1.73 bits per heavy atom. The summed E-state index contributed by atoms with van der Waals surface area (Å²) in [6.45, 7) is 1.93. The highest BCUT2D eigenvalue weighted by Crippen LogP contribution is 2.32. The average molecular weight is 207 g/mol. The number of nitrogens with one attached hydrogen (secondary N) is 1. The Balaban J connectivity index is 2.48. The van der Waals surface area contributed by atoms with Crippen molar-refractivity contribution in [2.24, 2.45) is 0 Å². The number of hydrogen-bond acceptors (Lipinski definition) is 3. The van der Waals surface area contributed by atoms with E-state index in [9.17, 15) is 0 Å². The number of hydrogen-bond donors (Lipinski definition) is 1. The minimum atomic E-state index is 0.871. The van der Waals surface area contributed by atoms with Crippen LogP contribution in [0.5, 0.6) is 11.5 Å². The van der Waals surface area contributed by atoms with Crippen LogP contribution in [-0.2, 0) is 13.0 Å². The standard InChI is InChI=1S/C12H17NO2/c1-14-11-5-6-12(15-2)10-8-13-7-3-4-9(10)11/h5-6,13H,3-4,7-8H2,1-2H3. The van der Waals surface area contributed by atoms with Crippen LogP contribution < -0.4 is 14.8 Å². The maximum absolute atomic E-state index is 5.38. The number of rotatable bonds is 2. The lowest BCUT2D eigenvalue weighted by molar-refractivity contribution is 0.394. The Morgan fingerprint density at radius 3 is 2.40 bits per heavy atom. The van der Waals surface area contributed by atoms with Crippen LogP contribution in [0.25, 0.3) is 0 Å². The Morgan fingerprint density at radius 1 is 1.07 bits per heavy atom. The molecule has 0 aromatic heterocycles. The van der Waals surface area contributed by atoms with Crippen LogP contribution in [0, 0.1) is 0 Å². The van der Waals surface area contributed by atoms with Crippen molar-refractivity contribution in [1.29, 1.82) is 0 Å². The van der Waals surface area contributed by atoms with Crippen molar-refractivity contribution in [2.45, 2.75) is 19.4 Å². The Kier molecular flexibility index (Phi) is 3.11. The molecule has 0 spiro atoms. The number of fused-ring (bicyclic) bond motifs is 1. The molecule has 1 aromatic carbocycles. The summed E-state index contributed by atoms with van der Waals surface area (Å²) in [5.74, 6) is 1.94. The SMILES string of the molecule is COc1ccc(OC)c2c1CCCNC2. The summed E-state index contributed by atoms with van der Waals surface area (Å²) < 4.78 is 10.8. The second kappa shape index (κ2) is 4.53. The smallest absolute Gasteiger partial charge is 0.123 e. The van der Waals surface area contributed by atoms with E-state index < -0.39 is 0 Å². The molecule has 1 aromatic rings. The van der Waals surface area contributed by atoms with Gasteiger partial charge in [-0.25, -0.2) is 0 Å². The molecule has 0 bridgehead atoms. The van der Waals surface area contributed by atoms with Crippen molar-refractivity contribution < 1.29 is 9.47 Å². The van der Waals surface area contributed by atoms with Crippen molar-refractivity contribution in [3.8, 4) is 11.5 Å². The third-order valence-electron chi connectivity index (χ3n) is 2.87. The minimum absolute atomic E-state index is 0.871. The fourth-order valence-corrected chi connectivity index (χ4v) is 2.10. The van der Waals surface area contributed by atoms with Gasteiger partial charge in [-0.3, -0.25) is 0 Å². The molecule has 3 heteroatoms. The second-order valence-corrected chi connectivity index (χ2v) is 3.71. The molecule has 0 atom stereocenters. The van der Waals surface area contributed by atoms with E-state index in [1.54, 1.807) is 14.2 Å². The van der Waals surface area contributed by atoms with Crippen molar-refractivity contribution >= 4 is 0 Å². The van der Waals surface area contributed by atoms with Crippen molar-refractivity contribution in [1.82, 2.24) is 5.32 Å². The van der Waals surface area contributed by atoms with Gasteiger partial charge in [0.15, 0.2) is 0 Å². The fraction of sp³-hybridized carbons (Fsp3) is 0.500. The van der Waals surface area contributed by atoms with Crippen LogP contribution in [0.2, 0.25) is 0 Å². The summed E-state index contributed by atoms with van der Waals surface area (Å²) in [6, 6.07) is 3.97. The predicted molar refractivity (Wildman–Crippen MR) is 59.6 cm³/mol. The van der Waals surface area contributed by atoms with Crippen LogP contribution in [-0.4, -0.2) is 20.8 Å². The van der Waals surface area contributed by atoms with Crippen molar-refractivity contribution in [3.05, 3.63) is 23.3 Å². The van der Waals surface area contributed by atoms with Gasteiger partial charge in [0.1, 0.15) is 11.5 Å². The first-order valence-electron chi connectivity index (χ1n) is 5.30. The Hall–Kier alpha value is -1.22. The highest BCUT2D eigenvalue weighted by molar-refractivity contribution is 5.49. The summed E-state index contributed by atoms with van der Waals surface area (Å²) in [5, 5.41) is 3.39. The summed E-state index contributed by atoms with van der Waals surface area (Å²) in [7, 11) is 3.44. The van der Waals surface area contributed by atoms with Gasteiger partial charge in [0.05, 0.1) is 14.2 Å². The first-order chi connectivity index (χ1) is 7.36. The van der Waals surface area contributed by atoms with E-state index in [1.807, 2.05) is 12.1 Å². The largest absolute Gasteiger partial charge is 0.496 e. The van der Waals surface area contributed by atoms with Crippen LogP contribution in [0.15, 0.2) is 12.1 Å². The van der Waals surface area contributed by atoms with Gasteiger partial charge in [-0.1, -0.05) is 0 Å². The van der Waals surface area contributed by atoms with Crippen LogP contribution >= 0.6 is 0 Å². The molecule has 0 amide bonds. The van der Waals surface area contributed by atoms with Gasteiger partial charge in [-0.15, -0.1) is 0 Å². The van der Waals surface area contributed by atoms with E-state index in [-0.39, 0.29) is 0 Å². The van der Waals surface area contributed by atoms with Gasteiger partial charge >= 0.3 is 0 Å². The number of benzene rings is 1. The molecule has 0 unspecified atom stereocenters.